The zero-order chi connectivity index (χ0) is 28.3. The summed E-state index contributed by atoms with van der Waals surface area (Å²) in [4.78, 5) is 19.0. The van der Waals surface area contributed by atoms with Gasteiger partial charge in [0, 0.05) is 24.3 Å². The molecule has 1 aromatic carbocycles. The molecule has 1 amide bonds. The second-order valence-corrected chi connectivity index (χ2v) is 10.9. The molecule has 17 heteroatoms. The van der Waals surface area contributed by atoms with Gasteiger partial charge in [-0.05, 0) is 43.0 Å². The Balaban J connectivity index is 1.37. The molecule has 0 spiro atoms. The van der Waals surface area contributed by atoms with Gasteiger partial charge in [-0.2, -0.15) is 35.7 Å². The molecule has 6 rings (SSSR count). The van der Waals surface area contributed by atoms with E-state index in [1.54, 1.807) is 0 Å². The van der Waals surface area contributed by atoms with Crippen molar-refractivity contribution in [2.24, 2.45) is 5.92 Å². The monoisotopic (exact) mass is 578 g/mol. The van der Waals surface area contributed by atoms with Crippen molar-refractivity contribution in [3.05, 3.63) is 65.8 Å². The number of nitrogens with one attached hydrogen (secondary N) is 1. The molecule has 1 saturated carbocycles. The Hall–Kier alpha value is -3.60. The Bertz CT molecular complexity index is 1500. The van der Waals surface area contributed by atoms with E-state index in [-0.39, 0.29) is 16.5 Å². The van der Waals surface area contributed by atoms with E-state index in [0.29, 0.717) is 29.9 Å². The average Bonchev–Trinajstić information content (AvgIpc) is 3.54. The van der Waals surface area contributed by atoms with Crippen molar-refractivity contribution in [3.63, 3.8) is 0 Å². The predicted molar refractivity (Wildman–Crippen MR) is 117 cm³/mol. The van der Waals surface area contributed by atoms with E-state index in [9.17, 15) is 43.9 Å². The van der Waals surface area contributed by atoms with Crippen molar-refractivity contribution in [3.8, 4) is 5.69 Å². The molecule has 0 unspecified atom stereocenters. The van der Waals surface area contributed by atoms with Gasteiger partial charge in [0.15, 0.2) is 5.69 Å². The fourth-order valence-electron chi connectivity index (χ4n) is 4.72. The van der Waals surface area contributed by atoms with E-state index in [1.807, 2.05) is 0 Å². The van der Waals surface area contributed by atoms with Crippen LogP contribution in [0.2, 0.25) is 0 Å². The van der Waals surface area contributed by atoms with Gasteiger partial charge in [0.2, 0.25) is 21.8 Å². The number of benzene rings is 1. The normalized spacial score (nSPS) is 21.6. The maximum atomic E-state index is 13.6. The van der Waals surface area contributed by atoms with E-state index in [2.05, 4.69) is 20.4 Å². The van der Waals surface area contributed by atoms with Gasteiger partial charge in [-0.25, -0.2) is 27.5 Å². The van der Waals surface area contributed by atoms with Gasteiger partial charge in [0.05, 0.1) is 17.3 Å². The summed E-state index contributed by atoms with van der Waals surface area (Å²) in [6, 6.07) is 2.38. The first kappa shape index (κ1) is 27.0. The quantitative estimate of drug-likeness (QED) is 0.450. The van der Waals surface area contributed by atoms with Crippen molar-refractivity contribution < 1.29 is 43.9 Å². The molecule has 4 heterocycles. The highest BCUT2D eigenvalue weighted by atomic mass is 32.2. The average molecular weight is 578 g/mol. The molecule has 2 aliphatic heterocycles. The number of aromatic nitrogens is 4. The van der Waals surface area contributed by atoms with E-state index in [1.165, 1.54) is 0 Å². The number of sulfonamides is 1. The van der Waals surface area contributed by atoms with Gasteiger partial charge < -0.3 is 5.32 Å². The first-order chi connectivity index (χ1) is 18.2. The molecule has 1 N–H and O–H groups in total. The SMILES string of the molecule is O=C(NCc1cn(-c2cnc(C(F)(F)F)nc2)nc1C(F)(F)F)[C@@H]1C2CC(C2)N1S(=O)(=O)c1ccc(F)cc1. The summed E-state index contributed by atoms with van der Waals surface area (Å²) in [5, 5.41) is 5.71. The standard InChI is InChI=1S/C22H17F7N6O3S/c23-13-1-3-16(4-2-13)39(37,38)35-14-5-11(6-14)17(35)19(36)30-7-12-10-34(33-18(12)21(24,25)26)15-8-31-20(32-9-15)22(27,28)29/h1-4,8-11,14,17H,5-7H2,(H,30,36)/t11?,14?,17-/m0/s1. The highest BCUT2D eigenvalue weighted by molar-refractivity contribution is 7.89. The molecule has 3 fully saturated rings. The van der Waals surface area contributed by atoms with E-state index < -0.39 is 69.8 Å². The summed E-state index contributed by atoms with van der Waals surface area (Å²) in [6.45, 7) is -0.701. The molecule has 3 aliphatic rings. The van der Waals surface area contributed by atoms with E-state index in [0.717, 1.165) is 34.8 Å². The van der Waals surface area contributed by atoms with Crippen LogP contribution < -0.4 is 5.32 Å². The zero-order valence-corrected chi connectivity index (χ0v) is 20.2. The molecule has 2 saturated heterocycles. The third-order valence-electron chi connectivity index (χ3n) is 6.56. The Morgan fingerprint density at radius 1 is 1.00 bits per heavy atom. The van der Waals surface area contributed by atoms with Crippen LogP contribution in [0.4, 0.5) is 30.7 Å². The summed E-state index contributed by atoms with van der Waals surface area (Å²) in [6.07, 6.45) is -6.91. The molecule has 1 atom stereocenters. The number of carbonyl (C=O) groups excluding carboxylic acids is 1. The number of hydrogen-bond donors (Lipinski definition) is 1. The number of hydrogen-bond acceptors (Lipinski definition) is 6. The van der Waals surface area contributed by atoms with Gasteiger partial charge >= 0.3 is 12.4 Å². The van der Waals surface area contributed by atoms with Crippen LogP contribution in [0, 0.1) is 11.7 Å². The highest BCUT2D eigenvalue weighted by Gasteiger charge is 2.58. The maximum absolute atomic E-state index is 13.6. The van der Waals surface area contributed by atoms with E-state index in [4.69, 9.17) is 0 Å². The van der Waals surface area contributed by atoms with Gasteiger partial charge in [0.25, 0.3) is 0 Å². The number of nitrogens with zero attached hydrogens (tertiary/aromatic N) is 5. The number of halogens is 7. The molecule has 3 aromatic rings. The molecule has 9 nitrogen and oxygen atoms in total. The number of rotatable bonds is 6. The van der Waals surface area contributed by atoms with Crippen LogP contribution in [0.15, 0.2) is 47.8 Å². The lowest BCUT2D eigenvalue weighted by molar-refractivity contribution is -0.145. The first-order valence-electron chi connectivity index (χ1n) is 11.3. The van der Waals surface area contributed by atoms with Gasteiger partial charge in [-0.3, -0.25) is 4.79 Å². The molecule has 0 radical (unpaired) electrons. The molecular formula is C22H17F7N6O3S. The van der Waals surface area contributed by atoms with Crippen molar-refractivity contribution in [2.75, 3.05) is 0 Å². The number of amides is 1. The minimum atomic E-state index is -4.98. The Morgan fingerprint density at radius 3 is 2.18 bits per heavy atom. The van der Waals surface area contributed by atoms with Gasteiger partial charge in [-0.15, -0.1) is 0 Å². The first-order valence-corrected chi connectivity index (χ1v) is 12.7. The van der Waals surface area contributed by atoms with Crippen LogP contribution in [-0.2, 0) is 33.7 Å². The number of alkyl halides is 6. The minimum Gasteiger partial charge on any atom is -0.350 e. The van der Waals surface area contributed by atoms with Crippen molar-refractivity contribution in [2.45, 2.75) is 48.7 Å². The molecule has 2 bridgehead atoms. The zero-order valence-electron chi connectivity index (χ0n) is 19.4. The molecule has 2 aromatic heterocycles. The Kier molecular flexibility index (Phi) is 6.40. The van der Waals surface area contributed by atoms with Crippen molar-refractivity contribution >= 4 is 15.9 Å². The summed E-state index contributed by atoms with van der Waals surface area (Å²) < 4.78 is 120. The topological polar surface area (TPSA) is 110 Å². The molecule has 208 valence electrons. The van der Waals surface area contributed by atoms with Gasteiger partial charge in [-0.1, -0.05) is 0 Å². The predicted octanol–water partition coefficient (Wildman–Crippen LogP) is 3.31. The Labute approximate surface area is 215 Å². The minimum absolute atomic E-state index is 0.228. The third kappa shape index (κ3) is 4.95. The van der Waals surface area contributed by atoms with E-state index >= 15 is 0 Å². The fraction of sp³-hybridized carbons (Fsp3) is 0.364. The van der Waals surface area contributed by atoms with Gasteiger partial charge in [0.1, 0.15) is 17.5 Å². The summed E-state index contributed by atoms with van der Waals surface area (Å²) in [5.41, 5.74) is -2.22. The summed E-state index contributed by atoms with van der Waals surface area (Å²) >= 11 is 0. The maximum Gasteiger partial charge on any atom is 0.451 e. The van der Waals surface area contributed by atoms with Crippen LogP contribution in [0.3, 0.4) is 0 Å². The van der Waals surface area contributed by atoms with Crippen LogP contribution in [0.5, 0.6) is 0 Å². The second kappa shape index (κ2) is 9.25. The lowest BCUT2D eigenvalue weighted by Crippen LogP contribution is -2.46. The summed E-state index contributed by atoms with van der Waals surface area (Å²) in [5.74, 6) is -3.32. The van der Waals surface area contributed by atoms with Crippen LogP contribution >= 0.6 is 0 Å². The third-order valence-corrected chi connectivity index (χ3v) is 8.50. The van der Waals surface area contributed by atoms with Crippen LogP contribution in [-0.4, -0.2) is 50.5 Å². The van der Waals surface area contributed by atoms with Crippen molar-refractivity contribution in [1.29, 1.82) is 0 Å². The molecule has 39 heavy (non-hydrogen) atoms. The largest absolute Gasteiger partial charge is 0.451 e. The summed E-state index contributed by atoms with van der Waals surface area (Å²) in [7, 11) is -4.20. The number of fused-ring (bicyclic) bond motifs is 1. The highest BCUT2D eigenvalue weighted by Crippen LogP contribution is 2.48. The second-order valence-electron chi connectivity index (χ2n) is 9.04. The molecule has 1 aliphatic carbocycles. The van der Waals surface area contributed by atoms with Crippen LogP contribution in [0.1, 0.15) is 29.9 Å². The smallest absolute Gasteiger partial charge is 0.350 e. The lowest BCUT2D eigenvalue weighted by Gasteiger charge is -2.25. The fourth-order valence-corrected chi connectivity index (χ4v) is 6.57. The van der Waals surface area contributed by atoms with Crippen LogP contribution in [0.25, 0.3) is 5.69 Å². The number of carbonyl (C=O) groups is 1. The lowest BCUT2D eigenvalue weighted by atomic mass is 9.83. The Morgan fingerprint density at radius 2 is 1.62 bits per heavy atom. The molecular weight excluding hydrogens is 561 g/mol. The van der Waals surface area contributed by atoms with Crippen molar-refractivity contribution in [1.82, 2.24) is 29.4 Å².